The molecule has 0 radical (unpaired) electrons. The van der Waals surface area contributed by atoms with E-state index in [0.29, 0.717) is 41.9 Å². The second kappa shape index (κ2) is 11.9. The van der Waals surface area contributed by atoms with Crippen LogP contribution in [0.25, 0.3) is 0 Å². The molecule has 2 rings (SSSR count). The molecule has 0 saturated carbocycles. The van der Waals surface area contributed by atoms with Gasteiger partial charge >= 0.3 is 0 Å². The van der Waals surface area contributed by atoms with E-state index in [0.717, 1.165) is 4.42 Å². The van der Waals surface area contributed by atoms with Crippen molar-refractivity contribution in [2.75, 3.05) is 31.9 Å². The average molecular weight is 464 g/mol. The largest absolute Gasteiger partial charge is 0.497 e. The van der Waals surface area contributed by atoms with Crippen molar-refractivity contribution in [2.45, 2.75) is 26.8 Å². The van der Waals surface area contributed by atoms with E-state index in [1.54, 1.807) is 43.3 Å². The van der Waals surface area contributed by atoms with E-state index in [4.69, 9.17) is 30.7 Å². The van der Waals surface area contributed by atoms with Crippen LogP contribution in [0.15, 0.2) is 46.6 Å². The molecular weight excluding hydrogens is 438 g/mol. The Labute approximate surface area is 192 Å². The van der Waals surface area contributed by atoms with Crippen LogP contribution >= 0.6 is 11.8 Å². The molecule has 0 fully saturated rings. The van der Waals surface area contributed by atoms with Crippen molar-refractivity contribution < 1.29 is 28.5 Å². The molecule has 9 nitrogen and oxygen atoms in total. The first-order valence-corrected chi connectivity index (χ1v) is 10.2. The molecule has 2 aromatic carbocycles. The summed E-state index contributed by atoms with van der Waals surface area (Å²) in [5.74, 6) is 0.521. The van der Waals surface area contributed by atoms with Gasteiger partial charge in [0.05, 0.1) is 27.4 Å². The predicted octanol–water partition coefficient (Wildman–Crippen LogP) is 4.73. The number of rotatable bonds is 11. The first-order chi connectivity index (χ1) is 15.4. The van der Waals surface area contributed by atoms with E-state index in [1.165, 1.54) is 21.1 Å². The minimum absolute atomic E-state index is 0.255. The van der Waals surface area contributed by atoms with Gasteiger partial charge in [-0.05, 0) is 45.0 Å². The summed E-state index contributed by atoms with van der Waals surface area (Å²) in [5, 5.41) is 7.97. The lowest BCUT2D eigenvalue weighted by Gasteiger charge is -2.20. The molecule has 2 aromatic rings. The second-order valence-corrected chi connectivity index (χ2v) is 6.72. The molecule has 0 aliphatic heterocycles. The number of carbonyl (C=O) groups excluding carboxylic acids is 2. The summed E-state index contributed by atoms with van der Waals surface area (Å²) < 4.78 is 22.3. The van der Waals surface area contributed by atoms with E-state index in [2.05, 4.69) is 10.2 Å². The zero-order valence-electron chi connectivity index (χ0n) is 18.6. The van der Waals surface area contributed by atoms with Gasteiger partial charge in [0.2, 0.25) is 6.04 Å². The van der Waals surface area contributed by atoms with Crippen molar-refractivity contribution in [3.63, 3.8) is 0 Å². The molecule has 1 unspecified atom stereocenters. The van der Waals surface area contributed by atoms with Crippen LogP contribution in [0, 0.1) is 0 Å². The Morgan fingerprint density at radius 2 is 1.62 bits per heavy atom. The number of azo groups is 1. The van der Waals surface area contributed by atoms with E-state index in [1.807, 2.05) is 6.92 Å². The van der Waals surface area contributed by atoms with E-state index >= 15 is 0 Å². The predicted molar refractivity (Wildman–Crippen MR) is 121 cm³/mol. The first kappa shape index (κ1) is 24.9. The highest BCUT2D eigenvalue weighted by Gasteiger charge is 2.30. The Hall–Kier alpha value is -3.33. The lowest BCUT2D eigenvalue weighted by Crippen LogP contribution is -2.36. The molecule has 32 heavy (non-hydrogen) atoms. The van der Waals surface area contributed by atoms with Crippen molar-refractivity contribution in [2.24, 2.45) is 10.2 Å². The molecule has 0 aromatic heterocycles. The maximum Gasteiger partial charge on any atom is 0.276 e. The van der Waals surface area contributed by atoms with Crippen LogP contribution in [0.2, 0.25) is 0 Å². The monoisotopic (exact) mass is 463 g/mol. The summed E-state index contributed by atoms with van der Waals surface area (Å²) in [5.41, 5.74) is 0.579. The van der Waals surface area contributed by atoms with Gasteiger partial charge < -0.3 is 18.9 Å². The number of nitrogens with zero attached hydrogens (tertiary/aromatic N) is 3. The minimum atomic E-state index is -1.46. The fourth-order valence-electron chi connectivity index (χ4n) is 2.70. The van der Waals surface area contributed by atoms with Gasteiger partial charge in [0.1, 0.15) is 34.4 Å². The molecule has 0 bridgehead atoms. The van der Waals surface area contributed by atoms with Gasteiger partial charge in [-0.3, -0.25) is 9.59 Å². The Bertz CT molecular complexity index is 982. The Balaban J connectivity index is 2.34. The molecule has 0 aliphatic carbocycles. The lowest BCUT2D eigenvalue weighted by atomic mass is 10.2. The van der Waals surface area contributed by atoms with Gasteiger partial charge in [-0.1, -0.05) is 0 Å². The van der Waals surface area contributed by atoms with Crippen molar-refractivity contribution in [1.29, 1.82) is 0 Å². The Kier molecular flexibility index (Phi) is 9.27. The maximum atomic E-state index is 13.0. The van der Waals surface area contributed by atoms with Gasteiger partial charge in [-0.25, -0.2) is 4.42 Å². The van der Waals surface area contributed by atoms with Gasteiger partial charge in [-0.2, -0.15) is 10.2 Å². The number of ketones is 1. The molecule has 0 spiro atoms. The van der Waals surface area contributed by atoms with Crippen LogP contribution in [0.1, 0.15) is 20.8 Å². The molecule has 1 atom stereocenters. The van der Waals surface area contributed by atoms with Gasteiger partial charge in [0.15, 0.2) is 5.78 Å². The topological polar surface area (TPSA) is 99.0 Å². The second-order valence-electron chi connectivity index (χ2n) is 6.38. The number of amides is 1. The minimum Gasteiger partial charge on any atom is -0.497 e. The van der Waals surface area contributed by atoms with E-state index < -0.39 is 17.7 Å². The summed E-state index contributed by atoms with van der Waals surface area (Å²) in [6.07, 6.45) is 0. The summed E-state index contributed by atoms with van der Waals surface area (Å²) in [4.78, 5) is 25.2. The average Bonchev–Trinajstić information content (AvgIpc) is 2.79. The molecular formula is C22H26ClN3O6. The summed E-state index contributed by atoms with van der Waals surface area (Å²) >= 11 is 6.31. The number of hydrogen-bond donors (Lipinski definition) is 0. The summed E-state index contributed by atoms with van der Waals surface area (Å²) in [7, 11) is 2.98. The zero-order chi connectivity index (χ0) is 23.7. The van der Waals surface area contributed by atoms with Crippen LogP contribution in [-0.4, -0.2) is 45.2 Å². The highest BCUT2D eigenvalue weighted by molar-refractivity contribution is 6.39. The number of Topliss-reactive ketones (excluding diaryl/α,β-unsaturated/α-hetero) is 1. The van der Waals surface area contributed by atoms with Crippen molar-refractivity contribution in [3.05, 3.63) is 36.4 Å². The summed E-state index contributed by atoms with van der Waals surface area (Å²) in [6.45, 7) is 5.70. The number of anilines is 1. The zero-order valence-corrected chi connectivity index (χ0v) is 19.4. The third-order valence-corrected chi connectivity index (χ3v) is 4.58. The standard InChI is InChI=1S/C22H26ClN3O6/c1-6-31-16-9-11-18(20(13-16)32-7-2)26(23)22(28)21(14(3)27)25-24-17-10-8-15(29-4)12-19(17)30-5/h8-13,21H,6-7H2,1-5H3. The highest BCUT2D eigenvalue weighted by Crippen LogP contribution is 2.35. The molecule has 172 valence electrons. The third-order valence-electron chi connectivity index (χ3n) is 4.23. The molecule has 0 aliphatic rings. The van der Waals surface area contributed by atoms with Crippen molar-refractivity contribution in [1.82, 2.24) is 0 Å². The van der Waals surface area contributed by atoms with Gasteiger partial charge in [0, 0.05) is 23.9 Å². The van der Waals surface area contributed by atoms with Crippen molar-refractivity contribution >= 4 is 34.8 Å². The molecule has 0 heterocycles. The first-order valence-electron chi connectivity index (χ1n) is 9.88. The number of benzene rings is 2. The van der Waals surface area contributed by atoms with Crippen LogP contribution < -0.4 is 23.4 Å². The number of halogens is 1. The van der Waals surface area contributed by atoms with Crippen LogP contribution in [0.5, 0.6) is 23.0 Å². The van der Waals surface area contributed by atoms with Crippen LogP contribution in [0.3, 0.4) is 0 Å². The normalized spacial score (nSPS) is 11.7. The molecule has 0 N–H and O–H groups in total. The fourth-order valence-corrected chi connectivity index (χ4v) is 2.93. The number of methoxy groups -OCH3 is 2. The van der Waals surface area contributed by atoms with Crippen molar-refractivity contribution in [3.8, 4) is 23.0 Å². The number of hydrogen-bond acceptors (Lipinski definition) is 8. The van der Waals surface area contributed by atoms with Gasteiger partial charge in [-0.15, -0.1) is 0 Å². The molecule has 10 heteroatoms. The van der Waals surface area contributed by atoms with Crippen LogP contribution in [0.4, 0.5) is 11.4 Å². The quantitative estimate of drug-likeness (QED) is 0.271. The highest BCUT2D eigenvalue weighted by atomic mass is 35.5. The summed E-state index contributed by atoms with van der Waals surface area (Å²) in [6, 6.07) is 8.25. The smallest absolute Gasteiger partial charge is 0.276 e. The van der Waals surface area contributed by atoms with E-state index in [9.17, 15) is 9.59 Å². The number of carbonyl (C=O) groups is 2. The number of ether oxygens (including phenoxy) is 4. The van der Waals surface area contributed by atoms with Crippen LogP contribution in [-0.2, 0) is 9.59 Å². The van der Waals surface area contributed by atoms with Gasteiger partial charge in [0.25, 0.3) is 5.91 Å². The lowest BCUT2D eigenvalue weighted by molar-refractivity contribution is -0.126. The maximum absolute atomic E-state index is 13.0. The Morgan fingerprint density at radius 3 is 2.22 bits per heavy atom. The molecule has 0 saturated heterocycles. The fraction of sp³-hybridized carbons (Fsp3) is 0.364. The Morgan fingerprint density at radius 1 is 0.969 bits per heavy atom. The van der Waals surface area contributed by atoms with E-state index in [-0.39, 0.29) is 5.69 Å². The molecule has 1 amide bonds. The SMILES string of the molecule is CCOc1ccc(N(Cl)C(=O)C(N=Nc2ccc(OC)cc2OC)C(C)=O)c(OCC)c1. The third kappa shape index (κ3) is 6.10.